The average molecular weight is 327 g/mol. The van der Waals surface area contributed by atoms with E-state index in [9.17, 15) is 0 Å². The number of nitrogens with zero attached hydrogens (tertiary/aromatic N) is 1. The van der Waals surface area contributed by atoms with Gasteiger partial charge < -0.3 is 9.31 Å². The van der Waals surface area contributed by atoms with Gasteiger partial charge in [-0.2, -0.15) is 0 Å². The summed E-state index contributed by atoms with van der Waals surface area (Å²) >= 11 is 0. The quantitative estimate of drug-likeness (QED) is 0.769. The van der Waals surface area contributed by atoms with Crippen molar-refractivity contribution in [1.29, 1.82) is 0 Å². The Bertz CT molecular complexity index is 558. The molecule has 0 amide bonds. The Labute approximate surface area is 147 Å². The fourth-order valence-corrected chi connectivity index (χ4v) is 3.27. The maximum Gasteiger partial charge on any atom is 0.487 e. The van der Waals surface area contributed by atoms with Crippen molar-refractivity contribution >= 4 is 13.2 Å². The van der Waals surface area contributed by atoms with Crippen LogP contribution in [0.3, 0.4) is 0 Å². The summed E-state index contributed by atoms with van der Waals surface area (Å²) in [5.74, 6) is 2.01. The van der Waals surface area contributed by atoms with Crippen LogP contribution in [0.15, 0.2) is 30.2 Å². The lowest BCUT2D eigenvalue weighted by Gasteiger charge is -2.32. The van der Waals surface area contributed by atoms with E-state index >= 15 is 0 Å². The Kier molecular flexibility index (Phi) is 5.19. The molecular formula is C20H30BNO2. The minimum absolute atomic E-state index is 0.275. The Morgan fingerprint density at radius 2 is 1.54 bits per heavy atom. The second-order valence-electron chi connectivity index (χ2n) is 8.06. The van der Waals surface area contributed by atoms with Gasteiger partial charge in [-0.05, 0) is 64.8 Å². The minimum atomic E-state index is -0.277. The first-order chi connectivity index (χ1) is 11.4. The Morgan fingerprint density at radius 3 is 2.12 bits per heavy atom. The van der Waals surface area contributed by atoms with Gasteiger partial charge in [0.05, 0.1) is 11.2 Å². The number of piperidine rings is 1. The van der Waals surface area contributed by atoms with Gasteiger partial charge in [-0.1, -0.05) is 42.7 Å². The number of rotatable bonds is 4. The summed E-state index contributed by atoms with van der Waals surface area (Å²) in [5, 5.41) is 0. The minimum Gasteiger partial charge on any atom is -0.400 e. The van der Waals surface area contributed by atoms with Gasteiger partial charge in [-0.25, -0.2) is 0 Å². The first-order valence-corrected chi connectivity index (χ1v) is 9.21. The van der Waals surface area contributed by atoms with Crippen molar-refractivity contribution in [1.82, 2.24) is 4.90 Å². The third-order valence-corrected chi connectivity index (χ3v) is 5.55. The third-order valence-electron chi connectivity index (χ3n) is 5.55. The van der Waals surface area contributed by atoms with Gasteiger partial charge in [0.2, 0.25) is 0 Å². The normalized spacial score (nSPS) is 23.9. The molecule has 0 bridgehead atoms. The van der Waals surface area contributed by atoms with Crippen LogP contribution >= 0.6 is 0 Å². The molecule has 0 radical (unpaired) electrons. The molecule has 4 heteroatoms. The average Bonchev–Trinajstić information content (AvgIpc) is 2.75. The van der Waals surface area contributed by atoms with Gasteiger partial charge >= 0.3 is 7.12 Å². The summed E-state index contributed by atoms with van der Waals surface area (Å²) in [4.78, 5) is 2.55. The summed E-state index contributed by atoms with van der Waals surface area (Å²) in [5.41, 5.74) is 2.03. The molecule has 0 saturated carbocycles. The SMILES string of the molecule is CC1(C)OB(C=Cc2ccc(CN3CCCCC3)cc2)OC1(C)C. The van der Waals surface area contributed by atoms with Crippen molar-refractivity contribution in [3.05, 3.63) is 41.4 Å². The summed E-state index contributed by atoms with van der Waals surface area (Å²) in [6.07, 6.45) is 6.16. The molecule has 2 aliphatic rings. The molecule has 0 N–H and O–H groups in total. The smallest absolute Gasteiger partial charge is 0.400 e. The molecule has 1 aromatic carbocycles. The van der Waals surface area contributed by atoms with E-state index in [1.165, 1.54) is 43.5 Å². The molecule has 2 saturated heterocycles. The maximum absolute atomic E-state index is 5.99. The van der Waals surface area contributed by atoms with Crippen molar-refractivity contribution in [2.24, 2.45) is 0 Å². The summed E-state index contributed by atoms with van der Waals surface area (Å²) in [6.45, 7) is 11.9. The van der Waals surface area contributed by atoms with Gasteiger partial charge in [0.15, 0.2) is 0 Å². The molecule has 24 heavy (non-hydrogen) atoms. The van der Waals surface area contributed by atoms with Crippen LogP contribution in [0.2, 0.25) is 0 Å². The fourth-order valence-electron chi connectivity index (χ4n) is 3.27. The van der Waals surface area contributed by atoms with Gasteiger partial charge in [0.25, 0.3) is 0 Å². The Morgan fingerprint density at radius 1 is 0.958 bits per heavy atom. The molecule has 0 aromatic heterocycles. The Balaban J connectivity index is 1.56. The van der Waals surface area contributed by atoms with Crippen LogP contribution in [0, 0.1) is 0 Å². The van der Waals surface area contributed by atoms with Crippen LogP contribution in [0.5, 0.6) is 0 Å². The standard InChI is InChI=1S/C20H30BNO2/c1-19(2)20(3,4)24-21(23-19)13-12-17-8-10-18(11-9-17)16-22-14-6-5-7-15-22/h8-13H,5-7,14-16H2,1-4H3. The highest BCUT2D eigenvalue weighted by Crippen LogP contribution is 2.37. The molecule has 3 nitrogen and oxygen atoms in total. The van der Waals surface area contributed by atoms with Crippen molar-refractivity contribution in [2.45, 2.75) is 64.7 Å². The van der Waals surface area contributed by atoms with Crippen LogP contribution in [0.1, 0.15) is 58.1 Å². The van der Waals surface area contributed by atoms with Gasteiger partial charge in [0.1, 0.15) is 0 Å². The largest absolute Gasteiger partial charge is 0.487 e. The molecule has 0 unspecified atom stereocenters. The van der Waals surface area contributed by atoms with Crippen LogP contribution in [-0.4, -0.2) is 36.3 Å². The second-order valence-corrected chi connectivity index (χ2v) is 8.06. The van der Waals surface area contributed by atoms with Crippen molar-refractivity contribution in [2.75, 3.05) is 13.1 Å². The van der Waals surface area contributed by atoms with Gasteiger partial charge in [0, 0.05) is 6.54 Å². The first-order valence-electron chi connectivity index (χ1n) is 9.21. The lowest BCUT2D eigenvalue weighted by atomic mass is 9.89. The predicted octanol–water partition coefficient (Wildman–Crippen LogP) is 4.32. The second kappa shape index (κ2) is 7.03. The van der Waals surface area contributed by atoms with E-state index in [1.54, 1.807) is 0 Å². The molecule has 130 valence electrons. The van der Waals surface area contributed by atoms with E-state index in [-0.39, 0.29) is 18.3 Å². The number of hydrogen-bond donors (Lipinski definition) is 0. The molecule has 0 aliphatic carbocycles. The van der Waals surface area contributed by atoms with E-state index in [0.717, 1.165) is 6.54 Å². The van der Waals surface area contributed by atoms with Crippen LogP contribution < -0.4 is 0 Å². The zero-order chi connectivity index (χ0) is 17.2. The van der Waals surface area contributed by atoms with Crippen molar-refractivity contribution in [3.8, 4) is 0 Å². The molecule has 0 spiro atoms. The fraction of sp³-hybridized carbons (Fsp3) is 0.600. The van der Waals surface area contributed by atoms with E-state index in [0.29, 0.717) is 0 Å². The van der Waals surface area contributed by atoms with Crippen molar-refractivity contribution in [3.63, 3.8) is 0 Å². The molecule has 1 aromatic rings. The highest BCUT2D eigenvalue weighted by Gasteiger charge is 2.49. The molecule has 2 heterocycles. The summed E-state index contributed by atoms with van der Waals surface area (Å²) < 4.78 is 12.0. The van der Waals surface area contributed by atoms with Gasteiger partial charge in [-0.3, -0.25) is 4.90 Å². The zero-order valence-electron chi connectivity index (χ0n) is 15.5. The van der Waals surface area contributed by atoms with E-state index in [4.69, 9.17) is 9.31 Å². The third kappa shape index (κ3) is 4.11. The van der Waals surface area contributed by atoms with Crippen LogP contribution in [0.25, 0.3) is 6.08 Å². The molecular weight excluding hydrogens is 297 g/mol. The molecule has 0 atom stereocenters. The number of hydrogen-bond acceptors (Lipinski definition) is 3. The van der Waals surface area contributed by atoms with Crippen LogP contribution in [-0.2, 0) is 15.9 Å². The zero-order valence-corrected chi connectivity index (χ0v) is 15.5. The predicted molar refractivity (Wildman–Crippen MR) is 101 cm³/mol. The van der Waals surface area contributed by atoms with E-state index < -0.39 is 0 Å². The van der Waals surface area contributed by atoms with Gasteiger partial charge in [-0.15, -0.1) is 0 Å². The summed E-state index contributed by atoms with van der Waals surface area (Å²) in [6, 6.07) is 8.83. The first kappa shape index (κ1) is 17.7. The van der Waals surface area contributed by atoms with E-state index in [1.807, 2.05) is 5.98 Å². The topological polar surface area (TPSA) is 21.7 Å². The molecule has 2 aliphatic heterocycles. The number of likely N-dealkylation sites (tertiary alicyclic amines) is 1. The Hall–Kier alpha value is -1.10. The monoisotopic (exact) mass is 327 g/mol. The maximum atomic E-state index is 5.99. The van der Waals surface area contributed by atoms with Crippen molar-refractivity contribution < 1.29 is 9.31 Å². The molecule has 2 fully saturated rings. The van der Waals surface area contributed by atoms with E-state index in [2.05, 4.69) is 62.9 Å². The van der Waals surface area contributed by atoms with Crippen LogP contribution in [0.4, 0.5) is 0 Å². The highest BCUT2D eigenvalue weighted by atomic mass is 16.7. The summed E-state index contributed by atoms with van der Waals surface area (Å²) in [7, 11) is -0.275. The number of benzene rings is 1. The lowest BCUT2D eigenvalue weighted by molar-refractivity contribution is 0.00578. The lowest BCUT2D eigenvalue weighted by Crippen LogP contribution is -2.41. The highest BCUT2D eigenvalue weighted by molar-refractivity contribution is 6.52. The molecule has 3 rings (SSSR count).